The molecule has 0 spiro atoms. The number of carbonyl (C=O) groups excluding carboxylic acids is 1. The van der Waals surface area contributed by atoms with Crippen molar-refractivity contribution in [2.24, 2.45) is 5.10 Å². The van der Waals surface area contributed by atoms with Gasteiger partial charge in [0, 0.05) is 15.1 Å². The maximum Gasteiger partial charge on any atom is 0.244 e. The van der Waals surface area contributed by atoms with Crippen LogP contribution in [-0.4, -0.2) is 17.2 Å². The molecular weight excluding hydrogens is 435 g/mol. The van der Waals surface area contributed by atoms with Crippen molar-refractivity contribution >= 4 is 55.6 Å². The molecule has 2 N–H and O–H groups in total. The normalized spacial score (nSPS) is 10.9. The van der Waals surface area contributed by atoms with Gasteiger partial charge in [-0.3, -0.25) is 4.79 Å². The zero-order valence-corrected chi connectivity index (χ0v) is 15.1. The lowest BCUT2D eigenvalue weighted by atomic mass is 10.1. The van der Waals surface area contributed by atoms with Crippen molar-refractivity contribution in [3.8, 4) is 5.75 Å². The molecule has 0 aliphatic carbocycles. The molecular formula is C15H11Br2ClN2O2. The molecule has 4 nitrogen and oxygen atoms in total. The maximum atomic E-state index is 11.8. The van der Waals surface area contributed by atoms with Gasteiger partial charge in [0.2, 0.25) is 5.91 Å². The van der Waals surface area contributed by atoms with E-state index in [2.05, 4.69) is 42.4 Å². The van der Waals surface area contributed by atoms with E-state index in [9.17, 15) is 9.90 Å². The molecule has 0 fully saturated rings. The van der Waals surface area contributed by atoms with Gasteiger partial charge in [0.15, 0.2) is 0 Å². The Hall–Kier alpha value is -1.37. The van der Waals surface area contributed by atoms with Gasteiger partial charge in [-0.15, -0.1) is 0 Å². The van der Waals surface area contributed by atoms with Crippen LogP contribution in [0.2, 0.25) is 5.02 Å². The molecule has 0 unspecified atom stereocenters. The molecule has 0 saturated carbocycles. The monoisotopic (exact) mass is 444 g/mol. The fourth-order valence-electron chi connectivity index (χ4n) is 1.69. The Bertz CT molecular complexity index is 718. The Morgan fingerprint density at radius 3 is 2.64 bits per heavy atom. The second-order valence-corrected chi connectivity index (χ2v) is 6.63. The molecule has 0 radical (unpaired) electrons. The molecule has 7 heteroatoms. The van der Waals surface area contributed by atoms with Gasteiger partial charge in [-0.05, 0) is 45.8 Å². The summed E-state index contributed by atoms with van der Waals surface area (Å²) < 4.78 is 1.42. The zero-order valence-electron chi connectivity index (χ0n) is 11.2. The van der Waals surface area contributed by atoms with E-state index in [-0.39, 0.29) is 18.1 Å². The van der Waals surface area contributed by atoms with Crippen LogP contribution in [0, 0.1) is 0 Å². The van der Waals surface area contributed by atoms with Gasteiger partial charge in [0.25, 0.3) is 0 Å². The number of benzene rings is 2. The molecule has 0 aliphatic rings. The Morgan fingerprint density at radius 1 is 1.27 bits per heavy atom. The molecule has 2 aromatic rings. The van der Waals surface area contributed by atoms with Gasteiger partial charge in [-0.2, -0.15) is 5.10 Å². The summed E-state index contributed by atoms with van der Waals surface area (Å²) in [6, 6.07) is 10.6. The second kappa shape index (κ2) is 7.76. The number of nitrogens with zero attached hydrogens (tertiary/aromatic N) is 1. The lowest BCUT2D eigenvalue weighted by Crippen LogP contribution is -2.19. The number of hydrogen-bond donors (Lipinski definition) is 2. The topological polar surface area (TPSA) is 61.7 Å². The molecule has 0 aromatic heterocycles. The quantitative estimate of drug-likeness (QED) is 0.545. The van der Waals surface area contributed by atoms with Gasteiger partial charge < -0.3 is 5.11 Å². The minimum atomic E-state index is -0.251. The average molecular weight is 447 g/mol. The summed E-state index contributed by atoms with van der Waals surface area (Å²) in [5, 5.41) is 14.1. The van der Waals surface area contributed by atoms with E-state index in [1.54, 1.807) is 12.1 Å². The number of phenols is 1. The van der Waals surface area contributed by atoms with Crippen LogP contribution in [-0.2, 0) is 11.2 Å². The Balaban J connectivity index is 1.97. The Kier molecular flexibility index (Phi) is 5.99. The molecule has 114 valence electrons. The first-order valence-corrected chi connectivity index (χ1v) is 8.16. The highest BCUT2D eigenvalue weighted by Crippen LogP contribution is 2.30. The van der Waals surface area contributed by atoms with Crippen LogP contribution in [0.3, 0.4) is 0 Å². The highest BCUT2D eigenvalue weighted by Gasteiger charge is 2.06. The third-order valence-corrected chi connectivity index (χ3v) is 4.08. The summed E-state index contributed by atoms with van der Waals surface area (Å²) >= 11 is 12.4. The predicted octanol–water partition coefficient (Wildman–Crippen LogP) is 4.26. The first-order valence-electron chi connectivity index (χ1n) is 6.20. The fourth-order valence-corrected chi connectivity index (χ4v) is 2.78. The first kappa shape index (κ1) is 17.0. The smallest absolute Gasteiger partial charge is 0.244 e. The van der Waals surface area contributed by atoms with Crippen LogP contribution in [0.1, 0.15) is 11.1 Å². The molecule has 0 bridgehead atoms. The van der Waals surface area contributed by atoms with E-state index in [1.165, 1.54) is 6.21 Å². The second-order valence-electron chi connectivity index (χ2n) is 4.42. The molecule has 0 aliphatic heterocycles. The molecule has 1 amide bonds. The minimum Gasteiger partial charge on any atom is -0.506 e. The average Bonchev–Trinajstić information content (AvgIpc) is 2.46. The van der Waals surface area contributed by atoms with Crippen molar-refractivity contribution in [3.05, 3.63) is 61.5 Å². The van der Waals surface area contributed by atoms with Crippen LogP contribution >= 0.6 is 43.5 Å². The third-order valence-electron chi connectivity index (χ3n) is 2.73. The standard InChI is InChI=1S/C15H11Br2ClN2O2/c16-11-3-1-9(2-4-11)5-14(21)20-19-8-10-6-12(18)7-13(17)15(10)22/h1-4,6-8,22H,5H2,(H,20,21). The van der Waals surface area contributed by atoms with E-state index in [4.69, 9.17) is 11.6 Å². The lowest BCUT2D eigenvalue weighted by molar-refractivity contribution is -0.120. The van der Waals surface area contributed by atoms with E-state index in [1.807, 2.05) is 24.3 Å². The van der Waals surface area contributed by atoms with E-state index in [0.717, 1.165) is 10.0 Å². The molecule has 0 saturated heterocycles. The summed E-state index contributed by atoms with van der Waals surface area (Å²) in [5.74, 6) is -0.241. The van der Waals surface area contributed by atoms with Gasteiger partial charge >= 0.3 is 0 Å². The van der Waals surface area contributed by atoms with Gasteiger partial charge in [0.1, 0.15) is 5.75 Å². The highest BCUT2D eigenvalue weighted by atomic mass is 79.9. The van der Waals surface area contributed by atoms with Crippen molar-refractivity contribution in [2.75, 3.05) is 0 Å². The first-order chi connectivity index (χ1) is 10.5. The lowest BCUT2D eigenvalue weighted by Gasteiger charge is -2.03. The number of aromatic hydroxyl groups is 1. The number of phenolic OH excluding ortho intramolecular Hbond substituents is 1. The summed E-state index contributed by atoms with van der Waals surface area (Å²) in [6.07, 6.45) is 1.56. The predicted molar refractivity (Wildman–Crippen MR) is 94.4 cm³/mol. The van der Waals surface area contributed by atoms with Crippen molar-refractivity contribution in [1.82, 2.24) is 5.43 Å². The Labute approximate surface area is 149 Å². The minimum absolute atomic E-state index is 0.00954. The number of rotatable bonds is 4. The maximum absolute atomic E-state index is 11.8. The summed E-state index contributed by atoms with van der Waals surface area (Å²) in [4.78, 5) is 11.8. The van der Waals surface area contributed by atoms with Crippen LogP contribution in [0.4, 0.5) is 0 Å². The van der Waals surface area contributed by atoms with Crippen LogP contribution in [0.15, 0.2) is 50.4 Å². The van der Waals surface area contributed by atoms with Gasteiger partial charge in [0.05, 0.1) is 17.1 Å². The van der Waals surface area contributed by atoms with Crippen molar-refractivity contribution in [1.29, 1.82) is 0 Å². The fraction of sp³-hybridized carbons (Fsp3) is 0.0667. The van der Waals surface area contributed by atoms with Crippen molar-refractivity contribution < 1.29 is 9.90 Å². The number of amides is 1. The third kappa shape index (κ3) is 4.83. The Morgan fingerprint density at radius 2 is 1.95 bits per heavy atom. The number of halogens is 3. The van der Waals surface area contributed by atoms with E-state index >= 15 is 0 Å². The number of hydrogen-bond acceptors (Lipinski definition) is 3. The largest absolute Gasteiger partial charge is 0.506 e. The van der Waals surface area contributed by atoms with Gasteiger partial charge in [-0.1, -0.05) is 39.7 Å². The molecule has 2 aromatic carbocycles. The zero-order chi connectivity index (χ0) is 16.1. The summed E-state index contributed by atoms with van der Waals surface area (Å²) in [6.45, 7) is 0. The van der Waals surface area contributed by atoms with Gasteiger partial charge in [-0.25, -0.2) is 5.43 Å². The van der Waals surface area contributed by atoms with Crippen molar-refractivity contribution in [2.45, 2.75) is 6.42 Å². The summed E-state index contributed by atoms with van der Waals surface area (Å²) in [5.41, 5.74) is 3.69. The number of nitrogens with one attached hydrogen (secondary N) is 1. The summed E-state index contributed by atoms with van der Waals surface area (Å²) in [7, 11) is 0. The van der Waals surface area contributed by atoms with Crippen LogP contribution in [0.5, 0.6) is 5.75 Å². The van der Waals surface area contributed by atoms with Crippen LogP contribution in [0.25, 0.3) is 0 Å². The molecule has 0 atom stereocenters. The highest BCUT2D eigenvalue weighted by molar-refractivity contribution is 9.10. The van der Waals surface area contributed by atoms with E-state index < -0.39 is 0 Å². The van der Waals surface area contributed by atoms with Crippen molar-refractivity contribution in [3.63, 3.8) is 0 Å². The van der Waals surface area contributed by atoms with Crippen LogP contribution < -0.4 is 5.43 Å². The number of carbonyl (C=O) groups is 1. The molecule has 2 rings (SSSR count). The molecule has 0 heterocycles. The number of hydrazone groups is 1. The molecule has 22 heavy (non-hydrogen) atoms. The SMILES string of the molecule is O=C(Cc1ccc(Br)cc1)NN=Cc1cc(Cl)cc(Br)c1O. The van der Waals surface area contributed by atoms with E-state index in [0.29, 0.717) is 15.1 Å².